The zero-order valence-corrected chi connectivity index (χ0v) is 11.2. The molecule has 0 amide bonds. The summed E-state index contributed by atoms with van der Waals surface area (Å²) in [7, 11) is 0. The number of hydrogen-bond donors (Lipinski definition) is 0. The molecule has 1 aromatic carbocycles. The molecule has 1 heteroatoms. The number of allylic oxidation sites excluding steroid dienone is 2. The Bertz CT molecular complexity index is 443. The highest BCUT2D eigenvalue weighted by atomic mass is 16.1. The molecule has 1 nitrogen and oxygen atoms in total. The van der Waals surface area contributed by atoms with Crippen molar-refractivity contribution in [1.82, 2.24) is 0 Å². The van der Waals surface area contributed by atoms with Crippen molar-refractivity contribution in [3.05, 3.63) is 47.0 Å². The zero-order valence-electron chi connectivity index (χ0n) is 11.2. The topological polar surface area (TPSA) is 17.1 Å². The average molecular weight is 242 g/mol. The molecule has 0 saturated carbocycles. The van der Waals surface area contributed by atoms with Gasteiger partial charge in [-0.05, 0) is 50.2 Å². The van der Waals surface area contributed by atoms with Gasteiger partial charge in [-0.3, -0.25) is 4.79 Å². The lowest BCUT2D eigenvalue weighted by Gasteiger charge is -2.05. The van der Waals surface area contributed by atoms with Gasteiger partial charge in [0.05, 0.1) is 0 Å². The first-order valence-electron chi connectivity index (χ1n) is 7.03. The minimum Gasteiger partial charge on any atom is -0.295 e. The number of hydrogen-bond acceptors (Lipinski definition) is 1. The van der Waals surface area contributed by atoms with Crippen LogP contribution in [0.1, 0.15) is 49.7 Å². The second-order valence-corrected chi connectivity index (χ2v) is 5.24. The summed E-state index contributed by atoms with van der Waals surface area (Å²) in [5.74, 6) is 0.360. The lowest BCUT2D eigenvalue weighted by Crippen LogP contribution is -2.04. The van der Waals surface area contributed by atoms with Gasteiger partial charge in [-0.25, -0.2) is 0 Å². The van der Waals surface area contributed by atoms with Crippen LogP contribution in [0.3, 0.4) is 0 Å². The van der Waals surface area contributed by atoms with Gasteiger partial charge in [-0.2, -0.15) is 0 Å². The van der Waals surface area contributed by atoms with Crippen LogP contribution in [0.25, 0.3) is 0 Å². The van der Waals surface area contributed by atoms with E-state index in [0.717, 1.165) is 24.8 Å². The molecule has 0 saturated heterocycles. The first-order valence-corrected chi connectivity index (χ1v) is 7.03. The second-order valence-electron chi connectivity index (χ2n) is 5.24. The first kappa shape index (κ1) is 13.1. The highest BCUT2D eigenvalue weighted by Crippen LogP contribution is 2.19. The molecule has 96 valence electrons. The van der Waals surface area contributed by atoms with Crippen LogP contribution in [-0.2, 0) is 11.2 Å². The van der Waals surface area contributed by atoms with Crippen LogP contribution >= 0.6 is 0 Å². The van der Waals surface area contributed by atoms with Gasteiger partial charge in [-0.1, -0.05) is 42.3 Å². The molecule has 0 heterocycles. The van der Waals surface area contributed by atoms with Crippen molar-refractivity contribution in [3.8, 4) is 0 Å². The van der Waals surface area contributed by atoms with Gasteiger partial charge in [0.25, 0.3) is 0 Å². The molecule has 0 radical (unpaired) electrons. The number of Topliss-reactive ketones (excluding diaryl/α,β-unsaturated/α-hetero) is 1. The summed E-state index contributed by atoms with van der Waals surface area (Å²) < 4.78 is 0. The molecule has 1 aromatic rings. The molecular formula is C17H22O. The number of aryl methyl sites for hydroxylation is 2. The highest BCUT2D eigenvalue weighted by molar-refractivity contribution is 5.95. The van der Waals surface area contributed by atoms with Crippen LogP contribution in [0, 0.1) is 6.92 Å². The first-order chi connectivity index (χ1) is 8.75. The molecule has 1 aliphatic carbocycles. The summed E-state index contributed by atoms with van der Waals surface area (Å²) in [5, 5.41) is 0. The number of carbonyl (C=O) groups is 1. The van der Waals surface area contributed by atoms with Crippen molar-refractivity contribution in [3.63, 3.8) is 0 Å². The van der Waals surface area contributed by atoms with E-state index in [1.165, 1.54) is 30.4 Å². The SMILES string of the molecule is Cc1cccc(CCC(=O)C2=CCCCCC2)c1. The minimum atomic E-state index is 0.360. The highest BCUT2D eigenvalue weighted by Gasteiger charge is 2.11. The molecule has 2 rings (SSSR count). The van der Waals surface area contributed by atoms with Crippen LogP contribution < -0.4 is 0 Å². The smallest absolute Gasteiger partial charge is 0.158 e. The van der Waals surface area contributed by atoms with E-state index in [1.54, 1.807) is 0 Å². The number of rotatable bonds is 4. The van der Waals surface area contributed by atoms with Crippen LogP contribution in [-0.4, -0.2) is 5.78 Å². The van der Waals surface area contributed by atoms with E-state index in [9.17, 15) is 4.79 Å². The van der Waals surface area contributed by atoms with E-state index < -0.39 is 0 Å². The van der Waals surface area contributed by atoms with Crippen molar-refractivity contribution in [2.45, 2.75) is 51.9 Å². The molecular weight excluding hydrogens is 220 g/mol. The third kappa shape index (κ3) is 3.83. The summed E-state index contributed by atoms with van der Waals surface area (Å²) in [5.41, 5.74) is 3.63. The standard InChI is InChI=1S/C17H22O/c1-14-7-6-8-15(13-14)11-12-17(18)16-9-4-2-3-5-10-16/h6-9,13H,2-5,10-12H2,1H3. The summed E-state index contributed by atoms with van der Waals surface area (Å²) in [6.45, 7) is 2.10. The molecule has 1 aliphatic rings. The van der Waals surface area contributed by atoms with Gasteiger partial charge in [0.2, 0.25) is 0 Å². The Morgan fingerprint density at radius 1 is 1.22 bits per heavy atom. The lowest BCUT2D eigenvalue weighted by atomic mass is 9.99. The third-order valence-corrected chi connectivity index (χ3v) is 3.62. The molecule has 18 heavy (non-hydrogen) atoms. The predicted octanol–water partition coefficient (Wildman–Crippen LogP) is 4.39. The van der Waals surface area contributed by atoms with E-state index in [2.05, 4.69) is 37.3 Å². The minimum absolute atomic E-state index is 0.360. The third-order valence-electron chi connectivity index (χ3n) is 3.62. The zero-order chi connectivity index (χ0) is 12.8. The van der Waals surface area contributed by atoms with E-state index in [0.29, 0.717) is 12.2 Å². The maximum absolute atomic E-state index is 12.1. The normalized spacial score (nSPS) is 15.9. The molecule has 0 spiro atoms. The molecule has 0 N–H and O–H groups in total. The fourth-order valence-corrected chi connectivity index (χ4v) is 2.55. The van der Waals surface area contributed by atoms with Crippen LogP contribution in [0.4, 0.5) is 0 Å². The Balaban J connectivity index is 1.89. The van der Waals surface area contributed by atoms with Crippen molar-refractivity contribution in [1.29, 1.82) is 0 Å². The van der Waals surface area contributed by atoms with E-state index in [4.69, 9.17) is 0 Å². The maximum atomic E-state index is 12.1. The van der Waals surface area contributed by atoms with Crippen LogP contribution in [0.5, 0.6) is 0 Å². The van der Waals surface area contributed by atoms with Gasteiger partial charge in [0.15, 0.2) is 5.78 Å². The Morgan fingerprint density at radius 3 is 2.94 bits per heavy atom. The van der Waals surface area contributed by atoms with Gasteiger partial charge in [-0.15, -0.1) is 0 Å². The van der Waals surface area contributed by atoms with Gasteiger partial charge in [0, 0.05) is 6.42 Å². The fourth-order valence-electron chi connectivity index (χ4n) is 2.55. The van der Waals surface area contributed by atoms with Crippen LogP contribution in [0.2, 0.25) is 0 Å². The monoisotopic (exact) mass is 242 g/mol. The molecule has 0 unspecified atom stereocenters. The van der Waals surface area contributed by atoms with Gasteiger partial charge < -0.3 is 0 Å². The number of benzene rings is 1. The lowest BCUT2D eigenvalue weighted by molar-refractivity contribution is -0.115. The Kier molecular flexibility index (Phi) is 4.74. The summed E-state index contributed by atoms with van der Waals surface area (Å²) in [4.78, 5) is 12.1. The fraction of sp³-hybridized carbons (Fsp3) is 0.471. The van der Waals surface area contributed by atoms with Crippen LogP contribution in [0.15, 0.2) is 35.9 Å². The van der Waals surface area contributed by atoms with E-state index >= 15 is 0 Å². The molecule has 0 fully saturated rings. The largest absolute Gasteiger partial charge is 0.295 e. The maximum Gasteiger partial charge on any atom is 0.158 e. The van der Waals surface area contributed by atoms with Gasteiger partial charge in [0.1, 0.15) is 0 Å². The Morgan fingerprint density at radius 2 is 2.11 bits per heavy atom. The molecule has 0 atom stereocenters. The number of carbonyl (C=O) groups excluding carboxylic acids is 1. The average Bonchev–Trinajstić information content (AvgIpc) is 2.65. The molecule has 0 aromatic heterocycles. The summed E-state index contributed by atoms with van der Waals surface area (Å²) in [6, 6.07) is 8.45. The van der Waals surface area contributed by atoms with E-state index in [1.807, 2.05) is 0 Å². The van der Waals surface area contributed by atoms with Crippen molar-refractivity contribution in [2.75, 3.05) is 0 Å². The van der Waals surface area contributed by atoms with Crippen molar-refractivity contribution in [2.24, 2.45) is 0 Å². The summed E-state index contributed by atoms with van der Waals surface area (Å²) >= 11 is 0. The summed E-state index contributed by atoms with van der Waals surface area (Å²) in [6.07, 6.45) is 9.48. The predicted molar refractivity (Wildman–Crippen MR) is 75.7 cm³/mol. The molecule has 0 bridgehead atoms. The Hall–Kier alpha value is -1.37. The Labute approximate surface area is 110 Å². The van der Waals surface area contributed by atoms with Gasteiger partial charge >= 0.3 is 0 Å². The molecule has 0 aliphatic heterocycles. The number of ketones is 1. The van der Waals surface area contributed by atoms with E-state index in [-0.39, 0.29) is 0 Å². The van der Waals surface area contributed by atoms with Crippen molar-refractivity contribution < 1.29 is 4.79 Å². The van der Waals surface area contributed by atoms with Crippen molar-refractivity contribution >= 4 is 5.78 Å². The quantitative estimate of drug-likeness (QED) is 0.765. The second kappa shape index (κ2) is 6.53.